The third-order valence-corrected chi connectivity index (χ3v) is 3.96. The maximum absolute atomic E-state index is 8.82. The van der Waals surface area contributed by atoms with Crippen molar-refractivity contribution in [3.8, 4) is 11.8 Å². The number of rotatable bonds is 6. The van der Waals surface area contributed by atoms with Crippen LogP contribution in [0.1, 0.15) is 36.5 Å². The molecule has 0 radical (unpaired) electrons. The minimum absolute atomic E-state index is 0.169. The van der Waals surface area contributed by atoms with Crippen LogP contribution < -0.4 is 5.84 Å². The van der Waals surface area contributed by atoms with Crippen molar-refractivity contribution in [1.82, 2.24) is 0 Å². The standard InChI is InChI=1S/C19H25N3O3/c1-24-19(16-8-4-6-15(12-16)7-5-10-23)18(22-20)14-21-13-17-9-2-3-11-25-17/h4,6,8,12,14,17,19,23H,2-3,9-11,13,20H2,1H3/b21-14?,22-18+. The van der Waals surface area contributed by atoms with Crippen molar-refractivity contribution in [2.75, 3.05) is 26.9 Å². The van der Waals surface area contributed by atoms with Gasteiger partial charge in [-0.05, 0) is 37.0 Å². The van der Waals surface area contributed by atoms with Crippen molar-refractivity contribution >= 4 is 11.9 Å². The highest BCUT2D eigenvalue weighted by molar-refractivity contribution is 6.32. The predicted molar refractivity (Wildman–Crippen MR) is 98.7 cm³/mol. The maximum atomic E-state index is 8.82. The summed E-state index contributed by atoms with van der Waals surface area (Å²) < 4.78 is 11.2. The second kappa shape index (κ2) is 10.6. The molecule has 6 nitrogen and oxygen atoms in total. The lowest BCUT2D eigenvalue weighted by molar-refractivity contribution is 0.0226. The van der Waals surface area contributed by atoms with Crippen LogP contribution in [0.4, 0.5) is 0 Å². The van der Waals surface area contributed by atoms with E-state index in [1.165, 1.54) is 6.42 Å². The summed E-state index contributed by atoms with van der Waals surface area (Å²) in [6.07, 6.45) is 4.72. The van der Waals surface area contributed by atoms with Crippen LogP contribution in [0, 0.1) is 11.8 Å². The van der Waals surface area contributed by atoms with Crippen LogP contribution in [0.5, 0.6) is 0 Å². The average Bonchev–Trinajstić information content (AvgIpc) is 2.67. The van der Waals surface area contributed by atoms with E-state index < -0.39 is 6.10 Å². The van der Waals surface area contributed by atoms with Crippen LogP contribution in [0.3, 0.4) is 0 Å². The van der Waals surface area contributed by atoms with E-state index >= 15 is 0 Å². The number of aliphatic imine (C=N–C) groups is 1. The van der Waals surface area contributed by atoms with Crippen LogP contribution in [0.25, 0.3) is 0 Å². The molecule has 0 saturated carbocycles. The van der Waals surface area contributed by atoms with Gasteiger partial charge in [-0.15, -0.1) is 0 Å². The van der Waals surface area contributed by atoms with Gasteiger partial charge in [-0.1, -0.05) is 24.0 Å². The second-order valence-corrected chi connectivity index (χ2v) is 5.74. The zero-order valence-corrected chi connectivity index (χ0v) is 14.5. The second-order valence-electron chi connectivity index (χ2n) is 5.74. The molecule has 0 aromatic heterocycles. The number of methoxy groups -OCH3 is 1. The van der Waals surface area contributed by atoms with Gasteiger partial charge in [0.2, 0.25) is 0 Å². The van der Waals surface area contributed by atoms with Crippen LogP contribution in [0.2, 0.25) is 0 Å². The molecule has 1 fully saturated rings. The summed E-state index contributed by atoms with van der Waals surface area (Å²) in [5.41, 5.74) is 2.19. The fourth-order valence-corrected chi connectivity index (χ4v) is 2.73. The molecule has 1 aromatic rings. The molecule has 2 rings (SSSR count). The molecule has 0 amide bonds. The minimum atomic E-state index is -0.433. The molecular formula is C19H25N3O3. The monoisotopic (exact) mass is 343 g/mol. The van der Waals surface area contributed by atoms with E-state index in [0.717, 1.165) is 30.6 Å². The predicted octanol–water partition coefficient (Wildman–Crippen LogP) is 1.67. The van der Waals surface area contributed by atoms with E-state index in [1.807, 2.05) is 24.3 Å². The Hall–Kier alpha value is -2.20. The Morgan fingerprint density at radius 2 is 2.40 bits per heavy atom. The molecule has 1 saturated heterocycles. The highest BCUT2D eigenvalue weighted by Gasteiger charge is 2.17. The molecule has 6 heteroatoms. The molecule has 0 spiro atoms. The number of hydrazone groups is 1. The van der Waals surface area contributed by atoms with Gasteiger partial charge in [-0.3, -0.25) is 4.99 Å². The Balaban J connectivity index is 2.08. The van der Waals surface area contributed by atoms with Gasteiger partial charge >= 0.3 is 0 Å². The van der Waals surface area contributed by atoms with Crippen molar-refractivity contribution in [3.63, 3.8) is 0 Å². The van der Waals surface area contributed by atoms with Crippen molar-refractivity contribution in [3.05, 3.63) is 35.4 Å². The zero-order valence-electron chi connectivity index (χ0n) is 14.5. The van der Waals surface area contributed by atoms with E-state index in [9.17, 15) is 0 Å². The van der Waals surface area contributed by atoms with Crippen molar-refractivity contribution in [2.45, 2.75) is 31.5 Å². The summed E-state index contributed by atoms with van der Waals surface area (Å²) in [6.45, 7) is 1.22. The van der Waals surface area contributed by atoms with Gasteiger partial charge < -0.3 is 20.4 Å². The van der Waals surface area contributed by atoms with E-state index in [0.29, 0.717) is 12.3 Å². The number of nitrogens with two attached hydrogens (primary N) is 1. The average molecular weight is 343 g/mol. The number of aliphatic hydroxyl groups excluding tert-OH is 1. The summed E-state index contributed by atoms with van der Waals surface area (Å²) >= 11 is 0. The molecular weight excluding hydrogens is 318 g/mol. The molecule has 0 aliphatic carbocycles. The summed E-state index contributed by atoms with van der Waals surface area (Å²) in [4.78, 5) is 4.43. The van der Waals surface area contributed by atoms with Crippen LogP contribution in [-0.4, -0.2) is 50.0 Å². The minimum Gasteiger partial charge on any atom is -0.384 e. The maximum Gasteiger partial charge on any atom is 0.127 e. The lowest BCUT2D eigenvalue weighted by Crippen LogP contribution is -2.23. The molecule has 1 aromatic carbocycles. The molecule has 1 heterocycles. The lowest BCUT2D eigenvalue weighted by Gasteiger charge is -2.20. The first-order chi connectivity index (χ1) is 12.3. The van der Waals surface area contributed by atoms with Gasteiger partial charge in [0.1, 0.15) is 18.4 Å². The van der Waals surface area contributed by atoms with Gasteiger partial charge in [0.05, 0.1) is 12.6 Å². The smallest absolute Gasteiger partial charge is 0.127 e. The number of hydrogen-bond donors (Lipinski definition) is 2. The van der Waals surface area contributed by atoms with E-state index in [2.05, 4.69) is 21.9 Å². The molecule has 2 atom stereocenters. The fourth-order valence-electron chi connectivity index (χ4n) is 2.73. The first kappa shape index (κ1) is 19.1. The summed E-state index contributed by atoms with van der Waals surface area (Å²) in [5.74, 6) is 11.1. The first-order valence-corrected chi connectivity index (χ1v) is 8.40. The van der Waals surface area contributed by atoms with Crippen molar-refractivity contribution in [1.29, 1.82) is 0 Å². The third kappa shape index (κ3) is 5.98. The molecule has 3 N–H and O–H groups in total. The highest BCUT2D eigenvalue weighted by Crippen LogP contribution is 2.19. The number of benzene rings is 1. The third-order valence-electron chi connectivity index (χ3n) is 3.96. The fraction of sp³-hybridized carbons (Fsp3) is 0.474. The quantitative estimate of drug-likeness (QED) is 0.356. The van der Waals surface area contributed by atoms with Crippen LogP contribution in [-0.2, 0) is 9.47 Å². The SMILES string of the molecule is COC(/C(C=NCC1CCCCO1)=N/N)c1cccc(C#CCO)c1. The Morgan fingerprint density at radius 3 is 3.08 bits per heavy atom. The van der Waals surface area contributed by atoms with Crippen molar-refractivity contribution < 1.29 is 14.6 Å². The molecule has 0 bridgehead atoms. The molecule has 1 aliphatic rings. The van der Waals surface area contributed by atoms with Gasteiger partial charge in [0, 0.05) is 25.5 Å². The van der Waals surface area contributed by atoms with Gasteiger partial charge in [-0.25, -0.2) is 0 Å². The number of ether oxygens (including phenoxy) is 2. The Morgan fingerprint density at radius 1 is 1.52 bits per heavy atom. The summed E-state index contributed by atoms with van der Waals surface area (Å²) in [7, 11) is 1.60. The van der Waals surface area contributed by atoms with Gasteiger partial charge in [-0.2, -0.15) is 5.10 Å². The topological polar surface area (TPSA) is 89.4 Å². The van der Waals surface area contributed by atoms with Gasteiger partial charge in [0.25, 0.3) is 0 Å². The molecule has 25 heavy (non-hydrogen) atoms. The van der Waals surface area contributed by atoms with Crippen LogP contribution >= 0.6 is 0 Å². The Bertz CT molecular complexity index is 655. The van der Waals surface area contributed by atoms with E-state index in [4.69, 9.17) is 20.4 Å². The molecule has 134 valence electrons. The Kier molecular flexibility index (Phi) is 8.13. The lowest BCUT2D eigenvalue weighted by atomic mass is 10.0. The first-order valence-electron chi connectivity index (χ1n) is 8.40. The number of hydrogen-bond acceptors (Lipinski definition) is 6. The zero-order chi connectivity index (χ0) is 17.9. The van der Waals surface area contributed by atoms with Gasteiger partial charge in [0.15, 0.2) is 0 Å². The van der Waals surface area contributed by atoms with Crippen LogP contribution in [0.15, 0.2) is 34.4 Å². The van der Waals surface area contributed by atoms with Crippen molar-refractivity contribution in [2.24, 2.45) is 15.9 Å². The van der Waals surface area contributed by atoms with E-state index in [1.54, 1.807) is 13.3 Å². The largest absolute Gasteiger partial charge is 0.384 e. The highest BCUT2D eigenvalue weighted by atomic mass is 16.5. The summed E-state index contributed by atoms with van der Waals surface area (Å²) in [6, 6.07) is 7.55. The summed E-state index contributed by atoms with van der Waals surface area (Å²) in [5, 5.41) is 12.7. The van der Waals surface area contributed by atoms with E-state index in [-0.39, 0.29) is 12.7 Å². The number of aliphatic hydroxyl groups is 1. The normalized spacial score (nSPS) is 19.4. The molecule has 1 aliphatic heterocycles. The Labute approximate surface area is 148 Å². The molecule has 2 unspecified atom stereocenters. The number of nitrogens with zero attached hydrogens (tertiary/aromatic N) is 2.